The zero-order valence-electron chi connectivity index (χ0n) is 13.9. The fourth-order valence-corrected chi connectivity index (χ4v) is 1.90. The number of nitrogens with one attached hydrogen (secondary N) is 2. The normalized spacial score (nSPS) is 10.1. The molecular formula is C17H22N4O3. The largest absolute Gasteiger partial charge is 0.497 e. The second kappa shape index (κ2) is 9.34. The molecule has 1 aromatic heterocycles. The third kappa shape index (κ3) is 5.42. The van der Waals surface area contributed by atoms with Crippen molar-refractivity contribution in [1.82, 2.24) is 15.3 Å². The fraction of sp³-hybridized carbons (Fsp3) is 0.353. The van der Waals surface area contributed by atoms with Crippen molar-refractivity contribution < 1.29 is 14.3 Å². The fourth-order valence-electron chi connectivity index (χ4n) is 1.90. The number of rotatable bonds is 9. The third-order valence-corrected chi connectivity index (χ3v) is 3.14. The minimum Gasteiger partial charge on any atom is -0.497 e. The minimum absolute atomic E-state index is 0.197. The lowest BCUT2D eigenvalue weighted by atomic mass is 10.3. The van der Waals surface area contributed by atoms with Gasteiger partial charge in [0.15, 0.2) is 0 Å². The second-order valence-corrected chi connectivity index (χ2v) is 4.97. The van der Waals surface area contributed by atoms with Crippen LogP contribution in [0, 0.1) is 0 Å². The van der Waals surface area contributed by atoms with Crippen LogP contribution in [0.2, 0.25) is 0 Å². The number of methoxy groups -OCH3 is 1. The summed E-state index contributed by atoms with van der Waals surface area (Å²) in [5.74, 6) is 1.74. The lowest BCUT2D eigenvalue weighted by Gasteiger charge is -2.09. The quantitative estimate of drug-likeness (QED) is 0.685. The lowest BCUT2D eigenvalue weighted by molar-refractivity contribution is 0.0948. The summed E-state index contributed by atoms with van der Waals surface area (Å²) < 4.78 is 10.7. The van der Waals surface area contributed by atoms with Gasteiger partial charge < -0.3 is 20.1 Å². The van der Waals surface area contributed by atoms with Gasteiger partial charge in [-0.15, -0.1) is 0 Å². The summed E-state index contributed by atoms with van der Waals surface area (Å²) in [5.41, 5.74) is 0.344. The van der Waals surface area contributed by atoms with Gasteiger partial charge in [-0.25, -0.2) is 9.97 Å². The van der Waals surface area contributed by atoms with Crippen LogP contribution >= 0.6 is 0 Å². The number of carbonyl (C=O) groups excluding carboxylic acids is 1. The van der Waals surface area contributed by atoms with Crippen molar-refractivity contribution in [3.05, 3.63) is 42.2 Å². The Bertz CT molecular complexity index is 647. The number of hydrogen-bond donors (Lipinski definition) is 2. The number of amides is 1. The van der Waals surface area contributed by atoms with E-state index in [-0.39, 0.29) is 5.91 Å². The molecule has 0 bridgehead atoms. The van der Waals surface area contributed by atoms with Gasteiger partial charge in [-0.1, -0.05) is 6.92 Å². The highest BCUT2D eigenvalue weighted by molar-refractivity contribution is 5.92. The van der Waals surface area contributed by atoms with Gasteiger partial charge in [-0.3, -0.25) is 4.79 Å². The Kier molecular flexibility index (Phi) is 6.82. The van der Waals surface area contributed by atoms with Crippen LogP contribution in [-0.4, -0.2) is 42.7 Å². The molecule has 0 fully saturated rings. The van der Waals surface area contributed by atoms with Crippen molar-refractivity contribution in [2.45, 2.75) is 13.3 Å². The Hall–Kier alpha value is -2.83. The number of hydrogen-bond acceptors (Lipinski definition) is 6. The first kappa shape index (κ1) is 17.5. The van der Waals surface area contributed by atoms with Gasteiger partial charge in [0.1, 0.15) is 23.8 Å². The molecule has 0 aliphatic heterocycles. The van der Waals surface area contributed by atoms with Crippen LogP contribution in [0.15, 0.2) is 36.5 Å². The Morgan fingerprint density at radius 1 is 1.12 bits per heavy atom. The Morgan fingerprint density at radius 2 is 1.88 bits per heavy atom. The molecule has 7 heteroatoms. The van der Waals surface area contributed by atoms with E-state index in [0.29, 0.717) is 31.3 Å². The van der Waals surface area contributed by atoms with Crippen LogP contribution in [0.4, 0.5) is 5.95 Å². The summed E-state index contributed by atoms with van der Waals surface area (Å²) in [4.78, 5) is 20.1. The highest BCUT2D eigenvalue weighted by Crippen LogP contribution is 2.16. The molecule has 1 amide bonds. The molecule has 0 saturated carbocycles. The van der Waals surface area contributed by atoms with Crippen LogP contribution in [0.5, 0.6) is 11.5 Å². The summed E-state index contributed by atoms with van der Waals surface area (Å²) >= 11 is 0. The molecule has 1 heterocycles. The van der Waals surface area contributed by atoms with Gasteiger partial charge in [-0.2, -0.15) is 0 Å². The molecule has 24 heavy (non-hydrogen) atoms. The Morgan fingerprint density at radius 3 is 2.58 bits per heavy atom. The van der Waals surface area contributed by atoms with Crippen LogP contribution in [-0.2, 0) is 0 Å². The molecule has 1 aromatic carbocycles. The summed E-state index contributed by atoms with van der Waals surface area (Å²) in [6.07, 6.45) is 2.44. The van der Waals surface area contributed by atoms with E-state index in [2.05, 4.69) is 20.6 Å². The summed E-state index contributed by atoms with van der Waals surface area (Å²) in [6.45, 7) is 3.59. The molecule has 2 aromatic rings. The Balaban J connectivity index is 1.78. The number of nitrogens with zero attached hydrogens (tertiary/aromatic N) is 2. The van der Waals surface area contributed by atoms with E-state index in [1.54, 1.807) is 19.4 Å². The van der Waals surface area contributed by atoms with Crippen molar-refractivity contribution in [3.8, 4) is 11.5 Å². The van der Waals surface area contributed by atoms with Crippen LogP contribution in [0.3, 0.4) is 0 Å². The van der Waals surface area contributed by atoms with Gasteiger partial charge in [0.2, 0.25) is 5.95 Å². The van der Waals surface area contributed by atoms with Gasteiger partial charge in [0, 0.05) is 12.7 Å². The van der Waals surface area contributed by atoms with E-state index in [4.69, 9.17) is 9.47 Å². The zero-order chi connectivity index (χ0) is 17.2. The highest BCUT2D eigenvalue weighted by Gasteiger charge is 2.07. The van der Waals surface area contributed by atoms with E-state index < -0.39 is 0 Å². The van der Waals surface area contributed by atoms with Crippen molar-refractivity contribution in [2.75, 3.05) is 32.1 Å². The van der Waals surface area contributed by atoms with Gasteiger partial charge >= 0.3 is 0 Å². The molecule has 0 radical (unpaired) electrons. The highest BCUT2D eigenvalue weighted by atomic mass is 16.5. The third-order valence-electron chi connectivity index (χ3n) is 3.14. The number of aromatic nitrogens is 2. The molecule has 7 nitrogen and oxygen atoms in total. The maximum absolute atomic E-state index is 11.9. The average molecular weight is 330 g/mol. The standard InChI is InChI=1S/C17H22N4O3/c1-3-9-18-16(22)15-8-10-19-17(21-15)20-11-12-24-14-6-4-13(23-2)5-7-14/h4-8,10H,3,9,11-12H2,1-2H3,(H,18,22)(H,19,20,21). The van der Waals surface area contributed by atoms with Crippen LogP contribution in [0.1, 0.15) is 23.8 Å². The first-order valence-corrected chi connectivity index (χ1v) is 7.85. The van der Waals surface area contributed by atoms with Gasteiger partial charge in [0.05, 0.1) is 13.7 Å². The van der Waals surface area contributed by atoms with E-state index >= 15 is 0 Å². The molecule has 2 N–H and O–H groups in total. The zero-order valence-corrected chi connectivity index (χ0v) is 13.9. The van der Waals surface area contributed by atoms with E-state index in [0.717, 1.165) is 17.9 Å². The first-order valence-electron chi connectivity index (χ1n) is 7.85. The summed E-state index contributed by atoms with van der Waals surface area (Å²) in [7, 11) is 1.62. The van der Waals surface area contributed by atoms with Gasteiger partial charge in [-0.05, 0) is 36.8 Å². The molecule has 128 valence electrons. The van der Waals surface area contributed by atoms with E-state index in [1.807, 2.05) is 31.2 Å². The smallest absolute Gasteiger partial charge is 0.270 e. The topological polar surface area (TPSA) is 85.4 Å². The van der Waals surface area contributed by atoms with E-state index in [1.165, 1.54) is 0 Å². The van der Waals surface area contributed by atoms with Crippen LogP contribution in [0.25, 0.3) is 0 Å². The van der Waals surface area contributed by atoms with Crippen molar-refractivity contribution in [2.24, 2.45) is 0 Å². The average Bonchev–Trinajstić information content (AvgIpc) is 2.64. The lowest BCUT2D eigenvalue weighted by Crippen LogP contribution is -2.25. The number of anilines is 1. The van der Waals surface area contributed by atoms with Crippen LogP contribution < -0.4 is 20.1 Å². The molecule has 0 spiro atoms. The first-order chi connectivity index (χ1) is 11.7. The molecular weight excluding hydrogens is 308 g/mol. The molecule has 0 aliphatic carbocycles. The maximum atomic E-state index is 11.9. The van der Waals surface area contributed by atoms with Crippen molar-refractivity contribution in [3.63, 3.8) is 0 Å². The van der Waals surface area contributed by atoms with E-state index in [9.17, 15) is 4.79 Å². The van der Waals surface area contributed by atoms with Crippen molar-refractivity contribution >= 4 is 11.9 Å². The number of benzene rings is 1. The summed E-state index contributed by atoms with van der Waals surface area (Å²) in [5, 5.41) is 5.82. The monoisotopic (exact) mass is 330 g/mol. The van der Waals surface area contributed by atoms with Gasteiger partial charge in [0.25, 0.3) is 5.91 Å². The SMILES string of the molecule is CCCNC(=O)c1ccnc(NCCOc2ccc(OC)cc2)n1. The Labute approximate surface area is 141 Å². The predicted octanol–water partition coefficient (Wildman–Crippen LogP) is 2.12. The molecule has 2 rings (SSSR count). The molecule has 0 aliphatic rings. The second-order valence-electron chi connectivity index (χ2n) is 4.97. The molecule has 0 unspecified atom stereocenters. The molecule has 0 saturated heterocycles. The number of ether oxygens (including phenoxy) is 2. The minimum atomic E-state index is -0.197. The summed E-state index contributed by atoms with van der Waals surface area (Å²) in [6, 6.07) is 8.95. The predicted molar refractivity (Wildman–Crippen MR) is 91.6 cm³/mol. The maximum Gasteiger partial charge on any atom is 0.270 e. The number of carbonyl (C=O) groups is 1. The molecule has 0 atom stereocenters. The van der Waals surface area contributed by atoms with Crippen molar-refractivity contribution in [1.29, 1.82) is 0 Å².